The Labute approximate surface area is 114 Å². The van der Waals surface area contributed by atoms with Gasteiger partial charge in [0.25, 0.3) is 0 Å². The van der Waals surface area contributed by atoms with Crippen LogP contribution in [0.4, 0.5) is 8.78 Å². The molecule has 2 unspecified atom stereocenters. The summed E-state index contributed by atoms with van der Waals surface area (Å²) in [6, 6.07) is 3.90. The van der Waals surface area contributed by atoms with Crippen molar-refractivity contribution in [3.63, 3.8) is 0 Å². The van der Waals surface area contributed by atoms with Gasteiger partial charge in [0.05, 0.1) is 19.1 Å². The molecule has 1 aromatic rings. The predicted molar refractivity (Wildman–Crippen MR) is 66.0 cm³/mol. The minimum atomic E-state index is -3.04. The van der Waals surface area contributed by atoms with Crippen molar-refractivity contribution >= 4 is 5.97 Å². The molecule has 0 saturated heterocycles. The number of hydrogen-bond donors (Lipinski definition) is 2. The SMILES string of the molecule is CCC(C(=O)O)C(O)c1ccc(OC)c(OC(F)F)c1. The first-order chi connectivity index (χ1) is 9.40. The van der Waals surface area contributed by atoms with Gasteiger partial charge < -0.3 is 19.7 Å². The molecular formula is C13H16F2O5. The summed E-state index contributed by atoms with van der Waals surface area (Å²) >= 11 is 0. The molecule has 0 bridgehead atoms. The van der Waals surface area contributed by atoms with Crippen LogP contribution in [0.15, 0.2) is 18.2 Å². The van der Waals surface area contributed by atoms with Gasteiger partial charge in [0.2, 0.25) is 0 Å². The number of carbonyl (C=O) groups is 1. The number of aliphatic hydroxyl groups is 1. The lowest BCUT2D eigenvalue weighted by molar-refractivity contribution is -0.146. The molecule has 0 amide bonds. The van der Waals surface area contributed by atoms with E-state index in [1.807, 2.05) is 0 Å². The molecule has 20 heavy (non-hydrogen) atoms. The van der Waals surface area contributed by atoms with E-state index in [4.69, 9.17) is 9.84 Å². The highest BCUT2D eigenvalue weighted by Gasteiger charge is 2.27. The highest BCUT2D eigenvalue weighted by atomic mass is 19.3. The second-order valence-electron chi connectivity index (χ2n) is 4.09. The standard InChI is InChI=1S/C13H16F2O5/c1-3-8(12(17)18)11(16)7-4-5-9(19-2)10(6-7)20-13(14)15/h4-6,8,11,13,16H,3H2,1-2H3,(H,17,18). The second-order valence-corrected chi connectivity index (χ2v) is 4.09. The Hall–Kier alpha value is -1.89. The fourth-order valence-corrected chi connectivity index (χ4v) is 1.83. The topological polar surface area (TPSA) is 76.0 Å². The normalized spacial score (nSPS) is 13.9. The molecule has 1 rings (SSSR count). The van der Waals surface area contributed by atoms with Crippen molar-refractivity contribution in [3.05, 3.63) is 23.8 Å². The van der Waals surface area contributed by atoms with Crippen molar-refractivity contribution in [2.75, 3.05) is 7.11 Å². The number of benzene rings is 1. The first kappa shape index (κ1) is 16.2. The molecule has 0 aliphatic carbocycles. The smallest absolute Gasteiger partial charge is 0.387 e. The Morgan fingerprint density at radius 1 is 1.35 bits per heavy atom. The molecule has 0 aliphatic rings. The van der Waals surface area contributed by atoms with Gasteiger partial charge in [0, 0.05) is 0 Å². The summed E-state index contributed by atoms with van der Waals surface area (Å²) < 4.78 is 33.7. The zero-order chi connectivity index (χ0) is 15.3. The fourth-order valence-electron chi connectivity index (χ4n) is 1.83. The third-order valence-corrected chi connectivity index (χ3v) is 2.88. The largest absolute Gasteiger partial charge is 0.493 e. The highest BCUT2D eigenvalue weighted by Crippen LogP contribution is 2.34. The summed E-state index contributed by atoms with van der Waals surface area (Å²) in [6.07, 6.45) is -1.11. The number of carboxylic acids is 1. The third-order valence-electron chi connectivity index (χ3n) is 2.88. The van der Waals surface area contributed by atoms with Crippen LogP contribution in [0.2, 0.25) is 0 Å². The maximum atomic E-state index is 12.3. The summed E-state index contributed by atoms with van der Waals surface area (Å²) in [4.78, 5) is 11.0. The van der Waals surface area contributed by atoms with Crippen molar-refractivity contribution in [1.29, 1.82) is 0 Å². The molecule has 2 atom stereocenters. The Morgan fingerprint density at radius 2 is 2.00 bits per heavy atom. The Morgan fingerprint density at radius 3 is 2.45 bits per heavy atom. The number of ether oxygens (including phenoxy) is 2. The number of hydrogen-bond acceptors (Lipinski definition) is 4. The summed E-state index contributed by atoms with van der Waals surface area (Å²) in [5.41, 5.74) is 0.177. The van der Waals surface area contributed by atoms with Gasteiger partial charge in [0.1, 0.15) is 0 Å². The van der Waals surface area contributed by atoms with E-state index in [1.54, 1.807) is 6.92 Å². The van der Waals surface area contributed by atoms with Crippen molar-refractivity contribution in [2.24, 2.45) is 5.92 Å². The van der Waals surface area contributed by atoms with Gasteiger partial charge in [-0.2, -0.15) is 8.78 Å². The average Bonchev–Trinajstić information content (AvgIpc) is 2.38. The molecule has 2 N–H and O–H groups in total. The number of carboxylic acid groups (broad SMARTS) is 1. The van der Waals surface area contributed by atoms with E-state index >= 15 is 0 Å². The van der Waals surface area contributed by atoms with Gasteiger partial charge in [-0.15, -0.1) is 0 Å². The van der Waals surface area contributed by atoms with Crippen molar-refractivity contribution in [1.82, 2.24) is 0 Å². The van der Waals surface area contributed by atoms with Gasteiger partial charge in [-0.1, -0.05) is 13.0 Å². The number of halogens is 2. The maximum absolute atomic E-state index is 12.3. The number of rotatable bonds is 7. The fraction of sp³-hybridized carbons (Fsp3) is 0.462. The molecule has 0 spiro atoms. The number of aliphatic hydroxyl groups excluding tert-OH is 1. The zero-order valence-corrected chi connectivity index (χ0v) is 11.0. The van der Waals surface area contributed by atoms with Crippen LogP contribution in [0.5, 0.6) is 11.5 Å². The molecule has 0 heterocycles. The molecule has 1 aromatic carbocycles. The van der Waals surface area contributed by atoms with E-state index < -0.39 is 24.6 Å². The van der Waals surface area contributed by atoms with Gasteiger partial charge in [-0.25, -0.2) is 0 Å². The average molecular weight is 290 g/mol. The van der Waals surface area contributed by atoms with Crippen LogP contribution in [-0.2, 0) is 4.79 Å². The molecule has 5 nitrogen and oxygen atoms in total. The number of aliphatic carboxylic acids is 1. The predicted octanol–water partition coefficient (Wildman–Crippen LogP) is 2.44. The van der Waals surface area contributed by atoms with Gasteiger partial charge >= 0.3 is 12.6 Å². The first-order valence-electron chi connectivity index (χ1n) is 5.94. The first-order valence-corrected chi connectivity index (χ1v) is 5.94. The minimum absolute atomic E-state index is 0.0737. The lowest BCUT2D eigenvalue weighted by Crippen LogP contribution is -2.21. The zero-order valence-electron chi connectivity index (χ0n) is 11.0. The molecule has 0 saturated carbocycles. The van der Waals surface area contributed by atoms with E-state index in [2.05, 4.69) is 4.74 Å². The van der Waals surface area contributed by atoms with E-state index in [-0.39, 0.29) is 23.5 Å². The quantitative estimate of drug-likeness (QED) is 0.806. The summed E-state index contributed by atoms with van der Waals surface area (Å²) in [5.74, 6) is -2.36. The van der Waals surface area contributed by atoms with E-state index in [1.165, 1.54) is 19.2 Å². The van der Waals surface area contributed by atoms with Crippen LogP contribution in [0.3, 0.4) is 0 Å². The van der Waals surface area contributed by atoms with Crippen LogP contribution < -0.4 is 9.47 Å². The lowest BCUT2D eigenvalue weighted by atomic mass is 9.93. The van der Waals surface area contributed by atoms with E-state index in [9.17, 15) is 18.7 Å². The summed E-state index contributed by atoms with van der Waals surface area (Å²) in [5, 5.41) is 19.0. The van der Waals surface area contributed by atoms with Gasteiger partial charge in [-0.05, 0) is 24.1 Å². The minimum Gasteiger partial charge on any atom is -0.493 e. The van der Waals surface area contributed by atoms with Gasteiger partial charge in [-0.3, -0.25) is 4.79 Å². The van der Waals surface area contributed by atoms with E-state index in [0.717, 1.165) is 6.07 Å². The number of alkyl halides is 2. The Bertz CT molecular complexity index is 464. The molecule has 0 aromatic heterocycles. The van der Waals surface area contributed by atoms with Crippen LogP contribution in [0.25, 0.3) is 0 Å². The third kappa shape index (κ3) is 3.80. The molecule has 7 heteroatoms. The van der Waals surface area contributed by atoms with Crippen molar-refractivity contribution < 1.29 is 33.3 Å². The van der Waals surface area contributed by atoms with Gasteiger partial charge in [0.15, 0.2) is 11.5 Å². The van der Waals surface area contributed by atoms with E-state index in [0.29, 0.717) is 0 Å². The molecule has 0 aliphatic heterocycles. The monoisotopic (exact) mass is 290 g/mol. The van der Waals surface area contributed by atoms with Crippen LogP contribution in [0.1, 0.15) is 25.0 Å². The Balaban J connectivity index is 3.09. The summed E-state index contributed by atoms with van der Waals surface area (Å²) in [7, 11) is 1.29. The molecule has 0 radical (unpaired) electrons. The van der Waals surface area contributed by atoms with Crippen LogP contribution >= 0.6 is 0 Å². The molecule has 112 valence electrons. The molecular weight excluding hydrogens is 274 g/mol. The van der Waals surface area contributed by atoms with Crippen LogP contribution in [-0.4, -0.2) is 29.9 Å². The highest BCUT2D eigenvalue weighted by molar-refractivity contribution is 5.71. The second kappa shape index (κ2) is 7.04. The Kier molecular flexibility index (Phi) is 5.69. The maximum Gasteiger partial charge on any atom is 0.387 e. The van der Waals surface area contributed by atoms with Crippen molar-refractivity contribution in [2.45, 2.75) is 26.1 Å². The lowest BCUT2D eigenvalue weighted by Gasteiger charge is -2.19. The summed E-state index contributed by atoms with van der Waals surface area (Å²) in [6.45, 7) is -1.43. The van der Waals surface area contributed by atoms with Crippen molar-refractivity contribution in [3.8, 4) is 11.5 Å². The van der Waals surface area contributed by atoms with Crippen LogP contribution in [0, 0.1) is 5.92 Å². The molecule has 0 fully saturated rings. The number of methoxy groups -OCH3 is 1.